The second-order valence-corrected chi connectivity index (χ2v) is 5.86. The molecule has 136 valence electrons. The lowest BCUT2D eigenvalue weighted by Crippen LogP contribution is -2.35. The van der Waals surface area contributed by atoms with Gasteiger partial charge in [-0.15, -0.1) is 0 Å². The van der Waals surface area contributed by atoms with Crippen LogP contribution in [0, 0.1) is 10.1 Å². The van der Waals surface area contributed by atoms with Gasteiger partial charge in [-0.1, -0.05) is 37.3 Å². The molecule has 0 radical (unpaired) electrons. The highest BCUT2D eigenvalue weighted by molar-refractivity contribution is 6.09. The fraction of sp³-hybridized carbons (Fsp3) is 0.263. The number of anilines is 1. The first-order valence-electron chi connectivity index (χ1n) is 8.30. The first-order chi connectivity index (χ1) is 12.4. The van der Waals surface area contributed by atoms with Crippen molar-refractivity contribution in [2.75, 3.05) is 25.0 Å². The van der Waals surface area contributed by atoms with Gasteiger partial charge < -0.3 is 10.2 Å². The van der Waals surface area contributed by atoms with Crippen molar-refractivity contribution in [1.82, 2.24) is 5.32 Å². The van der Waals surface area contributed by atoms with Crippen LogP contribution in [-0.2, 0) is 4.79 Å². The molecule has 0 aliphatic rings. The summed E-state index contributed by atoms with van der Waals surface area (Å²) in [5, 5.41) is 14.2. The molecule has 2 aromatic rings. The summed E-state index contributed by atoms with van der Waals surface area (Å²) in [7, 11) is 1.60. The number of hydrogen-bond donors (Lipinski definition) is 1. The third-order valence-electron chi connectivity index (χ3n) is 3.83. The minimum atomic E-state index is -0.544. The first kappa shape index (κ1) is 19.1. The Bertz CT molecular complexity index is 806. The highest BCUT2D eigenvalue weighted by Crippen LogP contribution is 2.29. The van der Waals surface area contributed by atoms with Crippen LogP contribution in [0.5, 0.6) is 0 Å². The molecule has 0 aliphatic heterocycles. The molecular weight excluding hydrogens is 334 g/mol. The number of hydrogen-bond acceptors (Lipinski definition) is 5. The zero-order valence-corrected chi connectivity index (χ0v) is 14.8. The van der Waals surface area contributed by atoms with Crippen LogP contribution >= 0.6 is 0 Å². The Morgan fingerprint density at radius 1 is 1.12 bits per heavy atom. The van der Waals surface area contributed by atoms with E-state index in [4.69, 9.17) is 0 Å². The summed E-state index contributed by atoms with van der Waals surface area (Å²) in [6.45, 7) is 2.49. The van der Waals surface area contributed by atoms with Crippen molar-refractivity contribution in [3.63, 3.8) is 0 Å². The van der Waals surface area contributed by atoms with E-state index in [0.29, 0.717) is 12.1 Å². The van der Waals surface area contributed by atoms with E-state index in [0.717, 1.165) is 6.42 Å². The Labute approximate surface area is 151 Å². The Morgan fingerprint density at radius 2 is 1.81 bits per heavy atom. The summed E-state index contributed by atoms with van der Waals surface area (Å²) in [4.78, 5) is 36.8. The van der Waals surface area contributed by atoms with Crippen LogP contribution in [0.2, 0.25) is 0 Å². The quantitative estimate of drug-likeness (QED) is 0.446. The van der Waals surface area contributed by atoms with E-state index in [1.807, 2.05) is 6.92 Å². The van der Waals surface area contributed by atoms with Crippen LogP contribution in [0.25, 0.3) is 0 Å². The van der Waals surface area contributed by atoms with E-state index < -0.39 is 4.92 Å². The van der Waals surface area contributed by atoms with Crippen LogP contribution in [0.3, 0.4) is 0 Å². The minimum absolute atomic E-state index is 0.00712. The molecule has 26 heavy (non-hydrogen) atoms. The summed E-state index contributed by atoms with van der Waals surface area (Å²) in [6, 6.07) is 12.9. The van der Waals surface area contributed by atoms with Crippen molar-refractivity contribution >= 4 is 23.1 Å². The van der Waals surface area contributed by atoms with E-state index in [9.17, 15) is 19.7 Å². The average molecular weight is 355 g/mol. The number of carbonyl (C=O) groups excluding carboxylic acids is 2. The minimum Gasteiger partial charge on any atom is -0.360 e. The maximum atomic E-state index is 12.5. The van der Waals surface area contributed by atoms with E-state index in [1.165, 1.54) is 23.1 Å². The van der Waals surface area contributed by atoms with E-state index >= 15 is 0 Å². The van der Waals surface area contributed by atoms with Gasteiger partial charge in [-0.2, -0.15) is 0 Å². The average Bonchev–Trinajstić information content (AvgIpc) is 2.65. The molecule has 2 aromatic carbocycles. The standard InChI is InChI=1S/C19H21N3O4/c1-3-11-20-18(23)13-21(2)16-10-9-15(12-17(16)22(25)26)19(24)14-7-5-4-6-8-14/h4-10,12H,3,11,13H2,1-2H3,(H,20,23). The predicted molar refractivity (Wildman–Crippen MR) is 99.5 cm³/mol. The van der Waals surface area contributed by atoms with Crippen LogP contribution < -0.4 is 10.2 Å². The summed E-state index contributed by atoms with van der Waals surface area (Å²) in [5.41, 5.74) is 0.765. The first-order valence-corrected chi connectivity index (χ1v) is 8.30. The van der Waals surface area contributed by atoms with E-state index in [2.05, 4.69) is 5.32 Å². The Kier molecular flexibility index (Phi) is 6.43. The number of nitro benzene ring substituents is 1. The van der Waals surface area contributed by atoms with Gasteiger partial charge in [-0.3, -0.25) is 19.7 Å². The third kappa shape index (κ3) is 4.66. The number of nitro groups is 1. The molecule has 1 amide bonds. The van der Waals surface area contributed by atoms with Crippen LogP contribution in [0.1, 0.15) is 29.3 Å². The number of amides is 1. The molecule has 2 rings (SSSR count). The van der Waals surface area contributed by atoms with Crippen molar-refractivity contribution in [3.8, 4) is 0 Å². The topological polar surface area (TPSA) is 92.6 Å². The number of benzene rings is 2. The summed E-state index contributed by atoms with van der Waals surface area (Å²) >= 11 is 0. The number of nitrogens with one attached hydrogen (secondary N) is 1. The zero-order chi connectivity index (χ0) is 19.1. The number of nitrogens with zero attached hydrogens (tertiary/aromatic N) is 2. The number of likely N-dealkylation sites (N-methyl/N-ethyl adjacent to an activating group) is 1. The summed E-state index contributed by atoms with van der Waals surface area (Å²) in [6.07, 6.45) is 0.811. The normalized spacial score (nSPS) is 10.2. The molecule has 0 saturated carbocycles. The molecule has 0 saturated heterocycles. The molecule has 7 heteroatoms. The van der Waals surface area contributed by atoms with Crippen molar-refractivity contribution in [2.45, 2.75) is 13.3 Å². The van der Waals surface area contributed by atoms with Crippen LogP contribution in [0.4, 0.5) is 11.4 Å². The molecule has 0 aliphatic carbocycles. The fourth-order valence-electron chi connectivity index (χ4n) is 2.51. The Balaban J connectivity index is 2.27. The largest absolute Gasteiger partial charge is 0.360 e. The lowest BCUT2D eigenvalue weighted by Gasteiger charge is -2.19. The van der Waals surface area contributed by atoms with Gasteiger partial charge in [0, 0.05) is 30.8 Å². The van der Waals surface area contributed by atoms with Gasteiger partial charge in [-0.05, 0) is 18.6 Å². The number of carbonyl (C=O) groups is 2. The van der Waals surface area contributed by atoms with Crippen molar-refractivity contribution < 1.29 is 14.5 Å². The molecule has 0 atom stereocenters. The van der Waals surface area contributed by atoms with E-state index in [1.54, 1.807) is 37.4 Å². The predicted octanol–water partition coefficient (Wildman–Crippen LogP) is 2.79. The molecule has 0 unspecified atom stereocenters. The maximum absolute atomic E-state index is 12.5. The molecule has 1 N–H and O–H groups in total. The van der Waals surface area contributed by atoms with Crippen molar-refractivity contribution in [2.24, 2.45) is 0 Å². The molecule has 0 aromatic heterocycles. The fourth-order valence-corrected chi connectivity index (χ4v) is 2.51. The highest BCUT2D eigenvalue weighted by atomic mass is 16.6. The Hall–Kier alpha value is -3.22. The number of ketones is 1. The Morgan fingerprint density at radius 3 is 2.42 bits per heavy atom. The molecule has 0 spiro atoms. The van der Waals surface area contributed by atoms with Crippen molar-refractivity contribution in [1.29, 1.82) is 0 Å². The van der Waals surface area contributed by atoms with Gasteiger partial charge in [0.05, 0.1) is 11.5 Å². The smallest absolute Gasteiger partial charge is 0.293 e. The second-order valence-electron chi connectivity index (χ2n) is 5.86. The molecule has 0 heterocycles. The zero-order valence-electron chi connectivity index (χ0n) is 14.8. The van der Waals surface area contributed by atoms with Gasteiger partial charge in [-0.25, -0.2) is 0 Å². The lowest BCUT2D eigenvalue weighted by atomic mass is 10.0. The van der Waals surface area contributed by atoms with Crippen LogP contribution in [0.15, 0.2) is 48.5 Å². The monoisotopic (exact) mass is 355 g/mol. The van der Waals surface area contributed by atoms with Gasteiger partial charge in [0.1, 0.15) is 5.69 Å². The number of rotatable bonds is 8. The molecule has 7 nitrogen and oxygen atoms in total. The maximum Gasteiger partial charge on any atom is 0.293 e. The SMILES string of the molecule is CCCNC(=O)CN(C)c1ccc(C(=O)c2ccccc2)cc1[N+](=O)[O-]. The van der Waals surface area contributed by atoms with Crippen molar-refractivity contribution in [3.05, 3.63) is 69.8 Å². The van der Waals surface area contributed by atoms with Gasteiger partial charge in [0.2, 0.25) is 5.91 Å². The second kappa shape index (κ2) is 8.75. The highest BCUT2D eigenvalue weighted by Gasteiger charge is 2.21. The molecular formula is C19H21N3O4. The van der Waals surface area contributed by atoms with E-state index in [-0.39, 0.29) is 35.2 Å². The van der Waals surface area contributed by atoms with Gasteiger partial charge in [0.15, 0.2) is 5.78 Å². The lowest BCUT2D eigenvalue weighted by molar-refractivity contribution is -0.384. The van der Waals surface area contributed by atoms with Gasteiger partial charge >= 0.3 is 0 Å². The summed E-state index contributed by atoms with van der Waals surface area (Å²) < 4.78 is 0. The molecule has 0 fully saturated rings. The van der Waals surface area contributed by atoms with Crippen LogP contribution in [-0.4, -0.2) is 36.8 Å². The molecule has 0 bridgehead atoms. The third-order valence-corrected chi connectivity index (χ3v) is 3.83. The van der Waals surface area contributed by atoms with Gasteiger partial charge in [0.25, 0.3) is 5.69 Å². The summed E-state index contributed by atoms with van der Waals surface area (Å²) in [5.74, 6) is -0.503.